The topological polar surface area (TPSA) is 12.5 Å². The van der Waals surface area contributed by atoms with E-state index in [2.05, 4.69) is 26.9 Å². The Morgan fingerprint density at radius 2 is 2.13 bits per heavy atom. The lowest BCUT2D eigenvalue weighted by Gasteiger charge is -2.14. The Bertz CT molecular complexity index is 293. The van der Waals surface area contributed by atoms with Crippen molar-refractivity contribution in [2.45, 2.75) is 12.8 Å². The van der Waals surface area contributed by atoms with Crippen LogP contribution in [0.4, 0.5) is 0 Å². The Hall–Kier alpha value is -0.540. The molecule has 15 heavy (non-hydrogen) atoms. The van der Waals surface area contributed by atoms with Crippen molar-refractivity contribution in [3.05, 3.63) is 28.7 Å². The summed E-state index contributed by atoms with van der Waals surface area (Å²) in [5, 5.41) is 0. The van der Waals surface area contributed by atoms with E-state index in [-0.39, 0.29) is 0 Å². The minimum Gasteiger partial charge on any atom is -0.492 e. The summed E-state index contributed by atoms with van der Waals surface area (Å²) in [7, 11) is 0. The van der Waals surface area contributed by atoms with E-state index in [1.165, 1.54) is 25.9 Å². The summed E-state index contributed by atoms with van der Waals surface area (Å²) in [6.07, 6.45) is 2.68. The van der Waals surface area contributed by atoms with Gasteiger partial charge in [0, 0.05) is 17.1 Å². The zero-order valence-electron chi connectivity index (χ0n) is 8.71. The third kappa shape index (κ3) is 3.50. The van der Waals surface area contributed by atoms with Crippen LogP contribution in [0.5, 0.6) is 5.75 Å². The van der Waals surface area contributed by atoms with Gasteiger partial charge in [0.1, 0.15) is 12.4 Å². The fraction of sp³-hybridized carbons (Fsp3) is 0.500. The molecule has 0 bridgehead atoms. The number of ether oxygens (including phenoxy) is 1. The quantitative estimate of drug-likeness (QED) is 0.833. The summed E-state index contributed by atoms with van der Waals surface area (Å²) in [5.74, 6) is 0.831. The van der Waals surface area contributed by atoms with Gasteiger partial charge in [0.25, 0.3) is 0 Å². The third-order valence-corrected chi connectivity index (χ3v) is 3.10. The summed E-state index contributed by atoms with van der Waals surface area (Å²) in [4.78, 5) is 2.44. The number of likely N-dealkylation sites (tertiary alicyclic amines) is 1. The fourth-order valence-corrected chi connectivity index (χ4v) is 2.02. The molecule has 1 aromatic carbocycles. The van der Waals surface area contributed by atoms with Gasteiger partial charge in [-0.15, -0.1) is 0 Å². The molecule has 0 saturated carbocycles. The van der Waals surface area contributed by atoms with Crippen LogP contribution >= 0.6 is 15.9 Å². The first-order chi connectivity index (χ1) is 7.34. The van der Waals surface area contributed by atoms with Crippen LogP contribution in [0.3, 0.4) is 0 Å². The van der Waals surface area contributed by atoms with Gasteiger partial charge < -0.3 is 4.74 Å². The second kappa shape index (κ2) is 5.52. The Balaban J connectivity index is 1.71. The molecular weight excluding hydrogens is 254 g/mol. The molecule has 1 aliphatic rings. The minimum atomic E-state index is 0.762. The van der Waals surface area contributed by atoms with Crippen molar-refractivity contribution < 1.29 is 4.74 Å². The van der Waals surface area contributed by atoms with E-state index in [9.17, 15) is 0 Å². The molecule has 0 N–H and O–H groups in total. The maximum absolute atomic E-state index is 5.60. The highest BCUT2D eigenvalue weighted by Gasteiger charge is 2.10. The summed E-state index contributed by atoms with van der Waals surface area (Å²) in [6, 6.07) is 8.87. The van der Waals surface area contributed by atoms with Gasteiger partial charge >= 0.3 is 0 Å². The molecule has 0 spiro atoms. The largest absolute Gasteiger partial charge is 0.492 e. The first kappa shape index (κ1) is 11.0. The maximum Gasteiger partial charge on any atom is 0.127 e. The van der Waals surface area contributed by atoms with Crippen LogP contribution in [0, 0.1) is 6.07 Å². The summed E-state index contributed by atoms with van der Waals surface area (Å²) < 4.78 is 6.64. The van der Waals surface area contributed by atoms with Crippen LogP contribution in [0.2, 0.25) is 0 Å². The van der Waals surface area contributed by atoms with Gasteiger partial charge in [-0.3, -0.25) is 4.90 Å². The average Bonchev–Trinajstić information content (AvgIpc) is 2.74. The highest BCUT2D eigenvalue weighted by molar-refractivity contribution is 9.10. The third-order valence-electron chi connectivity index (χ3n) is 2.61. The van der Waals surface area contributed by atoms with Crippen molar-refractivity contribution in [2.75, 3.05) is 26.2 Å². The molecular formula is C12H15BrNO. The number of hydrogen-bond acceptors (Lipinski definition) is 2. The molecule has 0 atom stereocenters. The van der Waals surface area contributed by atoms with Gasteiger partial charge in [-0.1, -0.05) is 15.9 Å². The van der Waals surface area contributed by atoms with E-state index in [0.717, 1.165) is 23.4 Å². The lowest BCUT2D eigenvalue weighted by molar-refractivity contribution is 0.237. The van der Waals surface area contributed by atoms with E-state index < -0.39 is 0 Å². The highest BCUT2D eigenvalue weighted by Crippen LogP contribution is 2.15. The first-order valence-corrected chi connectivity index (χ1v) is 6.16. The number of halogens is 1. The molecule has 0 aliphatic carbocycles. The molecule has 1 aromatic rings. The van der Waals surface area contributed by atoms with Crippen molar-refractivity contribution in [3.63, 3.8) is 0 Å². The molecule has 1 aliphatic heterocycles. The van der Waals surface area contributed by atoms with Crippen molar-refractivity contribution in [3.8, 4) is 5.75 Å². The Morgan fingerprint density at radius 3 is 2.80 bits per heavy atom. The second-order valence-electron chi connectivity index (χ2n) is 3.77. The number of rotatable bonds is 4. The van der Waals surface area contributed by atoms with Gasteiger partial charge in [0.2, 0.25) is 0 Å². The van der Waals surface area contributed by atoms with Crippen LogP contribution in [-0.2, 0) is 0 Å². The SMILES string of the molecule is Brc1c[c]c(OCCN2CCCC2)cc1. The number of hydrogen-bond donors (Lipinski definition) is 0. The Labute approximate surface area is 99.4 Å². The molecule has 1 radical (unpaired) electrons. The van der Waals surface area contributed by atoms with Crippen molar-refractivity contribution >= 4 is 15.9 Å². The average molecular weight is 269 g/mol. The van der Waals surface area contributed by atoms with E-state index in [0.29, 0.717) is 0 Å². The lowest BCUT2D eigenvalue weighted by atomic mass is 10.3. The normalized spacial score (nSPS) is 16.9. The maximum atomic E-state index is 5.60. The first-order valence-electron chi connectivity index (χ1n) is 5.37. The van der Waals surface area contributed by atoms with E-state index in [1.807, 2.05) is 18.2 Å². The Morgan fingerprint density at radius 1 is 1.33 bits per heavy atom. The predicted octanol–water partition coefficient (Wildman–Crippen LogP) is 2.72. The molecule has 0 amide bonds. The van der Waals surface area contributed by atoms with Gasteiger partial charge in [-0.25, -0.2) is 0 Å². The summed E-state index contributed by atoms with van der Waals surface area (Å²) in [5.41, 5.74) is 0. The molecule has 1 heterocycles. The van der Waals surface area contributed by atoms with Gasteiger partial charge in [0.15, 0.2) is 0 Å². The van der Waals surface area contributed by atoms with E-state index in [4.69, 9.17) is 4.74 Å². The molecule has 1 saturated heterocycles. The molecule has 0 aromatic heterocycles. The summed E-state index contributed by atoms with van der Waals surface area (Å²) in [6.45, 7) is 4.25. The molecule has 3 heteroatoms. The molecule has 81 valence electrons. The summed E-state index contributed by atoms with van der Waals surface area (Å²) >= 11 is 3.37. The van der Waals surface area contributed by atoms with Crippen LogP contribution in [-0.4, -0.2) is 31.1 Å². The van der Waals surface area contributed by atoms with E-state index in [1.54, 1.807) is 0 Å². The van der Waals surface area contributed by atoms with Crippen LogP contribution in [0.25, 0.3) is 0 Å². The molecule has 2 nitrogen and oxygen atoms in total. The molecule has 0 unspecified atom stereocenters. The van der Waals surface area contributed by atoms with Gasteiger partial charge in [-0.2, -0.15) is 0 Å². The highest BCUT2D eigenvalue weighted by atomic mass is 79.9. The fourth-order valence-electron chi connectivity index (χ4n) is 1.77. The minimum absolute atomic E-state index is 0.762. The van der Waals surface area contributed by atoms with E-state index >= 15 is 0 Å². The molecule has 2 rings (SSSR count). The van der Waals surface area contributed by atoms with Crippen LogP contribution in [0.15, 0.2) is 22.7 Å². The van der Waals surface area contributed by atoms with Crippen molar-refractivity contribution in [1.82, 2.24) is 4.90 Å². The zero-order valence-corrected chi connectivity index (χ0v) is 10.3. The zero-order chi connectivity index (χ0) is 10.5. The van der Waals surface area contributed by atoms with Crippen molar-refractivity contribution in [1.29, 1.82) is 0 Å². The predicted molar refractivity (Wildman–Crippen MR) is 64.1 cm³/mol. The van der Waals surface area contributed by atoms with Gasteiger partial charge in [-0.05, 0) is 44.1 Å². The van der Waals surface area contributed by atoms with Gasteiger partial charge in [0.05, 0.1) is 0 Å². The molecule has 1 fully saturated rings. The monoisotopic (exact) mass is 268 g/mol. The number of benzene rings is 1. The standard InChI is InChI=1S/C12H15BrNO/c13-11-3-5-12(6-4-11)15-10-9-14-7-1-2-8-14/h3-5H,1-2,7-10H2. The van der Waals surface area contributed by atoms with Crippen LogP contribution in [0.1, 0.15) is 12.8 Å². The van der Waals surface area contributed by atoms with Crippen molar-refractivity contribution in [2.24, 2.45) is 0 Å². The lowest BCUT2D eigenvalue weighted by Crippen LogP contribution is -2.25. The smallest absolute Gasteiger partial charge is 0.127 e. The number of nitrogens with zero attached hydrogens (tertiary/aromatic N) is 1. The van der Waals surface area contributed by atoms with Crippen LogP contribution < -0.4 is 4.74 Å². The Kier molecular flexibility index (Phi) is 4.03. The second-order valence-corrected chi connectivity index (χ2v) is 4.68.